The molecule has 1 saturated heterocycles. The molecule has 1 aliphatic heterocycles. The summed E-state index contributed by atoms with van der Waals surface area (Å²) in [7, 11) is 0. The molecule has 4 amide bonds. The molecule has 0 spiro atoms. The van der Waals surface area contributed by atoms with Crippen LogP contribution in [0.15, 0.2) is 59.5 Å². The number of carbonyl (C=O) groups is 3. The number of halogens is 1. The van der Waals surface area contributed by atoms with Gasteiger partial charge in [0.05, 0.1) is 0 Å². The molecule has 2 aromatic rings. The average molecular weight is 418 g/mol. The number of thioether (sulfide) groups is 1. The van der Waals surface area contributed by atoms with E-state index < -0.39 is 17.5 Å². The summed E-state index contributed by atoms with van der Waals surface area (Å²) in [6.07, 6.45) is 0. The van der Waals surface area contributed by atoms with Gasteiger partial charge in [-0.3, -0.25) is 14.5 Å². The van der Waals surface area contributed by atoms with Gasteiger partial charge in [0.15, 0.2) is 0 Å². The summed E-state index contributed by atoms with van der Waals surface area (Å²) in [6.45, 7) is 1.76. The van der Waals surface area contributed by atoms with Crippen LogP contribution in [0.25, 0.3) is 0 Å². The molecule has 1 atom stereocenters. The molecular weight excluding hydrogens is 398 g/mol. The predicted molar refractivity (Wildman–Crippen MR) is 109 cm³/mol. The van der Waals surface area contributed by atoms with Crippen LogP contribution in [0, 0.1) is 0 Å². The zero-order valence-electron chi connectivity index (χ0n) is 15.3. The molecule has 8 heteroatoms. The summed E-state index contributed by atoms with van der Waals surface area (Å²) >= 11 is 7.43. The highest BCUT2D eigenvalue weighted by Gasteiger charge is 2.49. The van der Waals surface area contributed by atoms with Crippen LogP contribution >= 0.6 is 23.4 Å². The Balaban J connectivity index is 1.50. The zero-order valence-corrected chi connectivity index (χ0v) is 16.8. The number of amides is 4. The van der Waals surface area contributed by atoms with E-state index in [2.05, 4.69) is 10.6 Å². The van der Waals surface area contributed by atoms with Crippen LogP contribution in [0.2, 0.25) is 5.02 Å². The lowest BCUT2D eigenvalue weighted by Crippen LogP contribution is -2.43. The largest absolute Gasteiger partial charge is 0.354 e. The molecule has 0 saturated carbocycles. The Morgan fingerprint density at radius 2 is 1.82 bits per heavy atom. The van der Waals surface area contributed by atoms with E-state index in [-0.39, 0.29) is 12.5 Å². The third kappa shape index (κ3) is 4.48. The van der Waals surface area contributed by atoms with Crippen LogP contribution in [0.4, 0.5) is 4.79 Å². The monoisotopic (exact) mass is 417 g/mol. The Morgan fingerprint density at radius 1 is 1.14 bits per heavy atom. The highest BCUT2D eigenvalue weighted by atomic mass is 35.5. The second-order valence-corrected chi connectivity index (χ2v) is 8.07. The summed E-state index contributed by atoms with van der Waals surface area (Å²) < 4.78 is 0. The SMILES string of the molecule is C[C@@]1(c2ccccc2)NC(=O)N(CC(=O)NCCSc2ccc(Cl)cc2)C1=O. The van der Waals surface area contributed by atoms with E-state index >= 15 is 0 Å². The van der Waals surface area contributed by atoms with Gasteiger partial charge in [-0.1, -0.05) is 41.9 Å². The molecule has 0 aliphatic carbocycles. The Bertz CT molecular complexity index is 876. The predicted octanol–water partition coefficient (Wildman–Crippen LogP) is 3.02. The fourth-order valence-electron chi connectivity index (χ4n) is 2.90. The van der Waals surface area contributed by atoms with Crippen molar-refractivity contribution < 1.29 is 14.4 Å². The van der Waals surface area contributed by atoms with E-state index in [0.717, 1.165) is 9.80 Å². The van der Waals surface area contributed by atoms with Gasteiger partial charge in [-0.25, -0.2) is 4.79 Å². The number of nitrogens with one attached hydrogen (secondary N) is 2. The van der Waals surface area contributed by atoms with Crippen molar-refractivity contribution in [3.05, 3.63) is 65.2 Å². The Hall–Kier alpha value is -2.51. The molecule has 0 radical (unpaired) electrons. The fraction of sp³-hybridized carbons (Fsp3) is 0.250. The van der Waals surface area contributed by atoms with Crippen LogP contribution in [0.1, 0.15) is 12.5 Å². The minimum atomic E-state index is -1.16. The van der Waals surface area contributed by atoms with Crippen molar-refractivity contribution in [2.75, 3.05) is 18.8 Å². The van der Waals surface area contributed by atoms with Crippen LogP contribution in [-0.4, -0.2) is 41.6 Å². The molecule has 1 fully saturated rings. The van der Waals surface area contributed by atoms with Gasteiger partial charge in [0.25, 0.3) is 5.91 Å². The smallest absolute Gasteiger partial charge is 0.325 e. The minimum Gasteiger partial charge on any atom is -0.354 e. The van der Waals surface area contributed by atoms with Gasteiger partial charge in [-0.2, -0.15) is 0 Å². The molecule has 146 valence electrons. The third-order valence-corrected chi connectivity index (χ3v) is 5.70. The summed E-state index contributed by atoms with van der Waals surface area (Å²) in [5.74, 6) is -0.151. The van der Waals surface area contributed by atoms with Crippen LogP contribution in [0.3, 0.4) is 0 Å². The first-order valence-corrected chi connectivity index (χ1v) is 10.1. The lowest BCUT2D eigenvalue weighted by atomic mass is 9.92. The molecule has 1 heterocycles. The number of carbonyl (C=O) groups excluding carboxylic acids is 3. The average Bonchev–Trinajstić information content (AvgIpc) is 2.91. The molecular formula is C20H20ClN3O3S. The normalized spacial score (nSPS) is 18.9. The molecule has 1 aliphatic rings. The summed E-state index contributed by atoms with van der Waals surface area (Å²) in [4.78, 5) is 39.2. The number of nitrogens with zero attached hydrogens (tertiary/aromatic N) is 1. The van der Waals surface area contributed by atoms with Crippen molar-refractivity contribution in [3.63, 3.8) is 0 Å². The number of urea groups is 1. The molecule has 3 rings (SSSR count). The first-order chi connectivity index (χ1) is 13.4. The lowest BCUT2D eigenvalue weighted by Gasteiger charge is -2.22. The molecule has 0 aromatic heterocycles. The Morgan fingerprint density at radius 3 is 2.50 bits per heavy atom. The van der Waals surface area contributed by atoms with Crippen LogP contribution in [0.5, 0.6) is 0 Å². The van der Waals surface area contributed by atoms with E-state index in [4.69, 9.17) is 11.6 Å². The van der Waals surface area contributed by atoms with E-state index in [1.807, 2.05) is 30.3 Å². The molecule has 2 aromatic carbocycles. The summed E-state index contributed by atoms with van der Waals surface area (Å²) in [5.41, 5.74) is -0.487. The summed E-state index contributed by atoms with van der Waals surface area (Å²) in [6, 6.07) is 15.8. The molecule has 0 bridgehead atoms. The second-order valence-electron chi connectivity index (χ2n) is 6.46. The van der Waals surface area contributed by atoms with Gasteiger partial charge >= 0.3 is 6.03 Å². The lowest BCUT2D eigenvalue weighted by molar-refractivity contribution is -0.134. The van der Waals surface area contributed by atoms with Crippen molar-refractivity contribution in [3.8, 4) is 0 Å². The minimum absolute atomic E-state index is 0.307. The van der Waals surface area contributed by atoms with Crippen LogP contribution < -0.4 is 10.6 Å². The maximum absolute atomic E-state index is 12.8. The highest BCUT2D eigenvalue weighted by Crippen LogP contribution is 2.28. The number of rotatable bonds is 7. The topological polar surface area (TPSA) is 78.5 Å². The van der Waals surface area contributed by atoms with Gasteiger partial charge in [0, 0.05) is 22.2 Å². The van der Waals surface area contributed by atoms with Gasteiger partial charge in [0.2, 0.25) is 5.91 Å². The number of imide groups is 1. The van der Waals surface area contributed by atoms with Gasteiger partial charge in [0.1, 0.15) is 12.1 Å². The van der Waals surface area contributed by atoms with Crippen LogP contribution in [-0.2, 0) is 15.1 Å². The Kier molecular flexibility index (Phi) is 6.26. The molecule has 6 nitrogen and oxygen atoms in total. The molecule has 2 N–H and O–H groups in total. The quantitative estimate of drug-likeness (QED) is 0.412. The first-order valence-electron chi connectivity index (χ1n) is 8.75. The van der Waals surface area contributed by atoms with Gasteiger partial charge < -0.3 is 10.6 Å². The Labute approximate surface area is 172 Å². The van der Waals surface area contributed by atoms with E-state index in [0.29, 0.717) is 22.9 Å². The maximum atomic E-state index is 12.8. The summed E-state index contributed by atoms with van der Waals surface area (Å²) in [5, 5.41) is 6.10. The maximum Gasteiger partial charge on any atom is 0.325 e. The number of benzene rings is 2. The standard InChI is InChI=1S/C20H20ClN3O3S/c1-20(14-5-3-2-4-6-14)18(26)24(19(27)23-20)13-17(25)22-11-12-28-16-9-7-15(21)8-10-16/h2-10H,11-13H2,1H3,(H,22,25)(H,23,27)/t20-/m0/s1. The zero-order chi connectivity index (χ0) is 20.1. The highest BCUT2D eigenvalue weighted by molar-refractivity contribution is 7.99. The number of hydrogen-bond donors (Lipinski definition) is 2. The van der Waals surface area contributed by atoms with Gasteiger partial charge in [-0.05, 0) is 36.8 Å². The molecule has 0 unspecified atom stereocenters. The number of hydrogen-bond acceptors (Lipinski definition) is 4. The third-order valence-electron chi connectivity index (χ3n) is 4.43. The second kappa shape index (κ2) is 8.67. The van der Waals surface area contributed by atoms with E-state index in [1.54, 1.807) is 43.0 Å². The van der Waals surface area contributed by atoms with Crippen molar-refractivity contribution >= 4 is 41.2 Å². The first kappa shape index (κ1) is 20.2. The van der Waals surface area contributed by atoms with Crippen molar-refractivity contribution in [2.24, 2.45) is 0 Å². The van der Waals surface area contributed by atoms with Crippen molar-refractivity contribution in [1.29, 1.82) is 0 Å². The van der Waals surface area contributed by atoms with Crippen molar-refractivity contribution in [1.82, 2.24) is 15.5 Å². The van der Waals surface area contributed by atoms with E-state index in [9.17, 15) is 14.4 Å². The molecule has 28 heavy (non-hydrogen) atoms. The fourth-order valence-corrected chi connectivity index (χ4v) is 3.79. The van der Waals surface area contributed by atoms with E-state index in [1.165, 1.54) is 0 Å². The van der Waals surface area contributed by atoms with Gasteiger partial charge in [-0.15, -0.1) is 11.8 Å². The van der Waals surface area contributed by atoms with Crippen molar-refractivity contribution in [2.45, 2.75) is 17.4 Å².